The van der Waals surface area contributed by atoms with Gasteiger partial charge in [0.25, 0.3) is 0 Å². The lowest BCUT2D eigenvalue weighted by Crippen LogP contribution is -2.05. The van der Waals surface area contributed by atoms with E-state index in [2.05, 4.69) is 4.98 Å². The van der Waals surface area contributed by atoms with Crippen molar-refractivity contribution in [3.8, 4) is 0 Å². The zero-order chi connectivity index (χ0) is 10.7. The summed E-state index contributed by atoms with van der Waals surface area (Å²) in [6.07, 6.45) is 4.45. The molecule has 0 saturated carbocycles. The summed E-state index contributed by atoms with van der Waals surface area (Å²) >= 11 is 0. The molecule has 0 unspecified atom stereocenters. The van der Waals surface area contributed by atoms with E-state index in [1.54, 1.807) is 12.3 Å². The Kier molecular flexibility index (Phi) is 2.78. The lowest BCUT2D eigenvalue weighted by atomic mass is 10.0. The summed E-state index contributed by atoms with van der Waals surface area (Å²) in [5.41, 5.74) is 2.22. The van der Waals surface area contributed by atoms with Crippen LogP contribution >= 0.6 is 0 Å². The molecular weight excluding hydrogens is 194 g/mol. The van der Waals surface area contributed by atoms with Gasteiger partial charge in [0, 0.05) is 6.20 Å². The van der Waals surface area contributed by atoms with Gasteiger partial charge in [-0.3, -0.25) is 0 Å². The fraction of sp³-hybridized carbons (Fsp3) is 0.273. The average Bonchev–Trinajstić information content (AvgIpc) is 2.30. The van der Waals surface area contributed by atoms with Crippen LogP contribution in [0.25, 0.3) is 5.57 Å². The van der Waals surface area contributed by atoms with Gasteiger partial charge in [-0.2, -0.15) is 0 Å². The Morgan fingerprint density at radius 1 is 1.47 bits per heavy atom. The summed E-state index contributed by atoms with van der Waals surface area (Å²) in [6, 6.07) is 3.31. The molecule has 0 saturated heterocycles. The Hall–Kier alpha value is -1.68. The van der Waals surface area contributed by atoms with Crippen molar-refractivity contribution in [1.82, 2.24) is 4.98 Å². The smallest absolute Gasteiger partial charge is 0.354 e. The molecule has 15 heavy (non-hydrogen) atoms. The molecule has 1 aromatic rings. The van der Waals surface area contributed by atoms with Gasteiger partial charge in [0.2, 0.25) is 0 Å². The zero-order valence-corrected chi connectivity index (χ0v) is 8.14. The van der Waals surface area contributed by atoms with E-state index in [1.807, 2.05) is 6.08 Å². The van der Waals surface area contributed by atoms with E-state index in [0.29, 0.717) is 13.2 Å². The quantitative estimate of drug-likeness (QED) is 0.796. The molecule has 0 spiro atoms. The SMILES string of the molecule is O=C(O)c1ccc(C2=CCOCC2)cn1. The van der Waals surface area contributed by atoms with E-state index >= 15 is 0 Å². The van der Waals surface area contributed by atoms with E-state index in [-0.39, 0.29) is 5.69 Å². The molecule has 2 rings (SSSR count). The summed E-state index contributed by atoms with van der Waals surface area (Å²) in [5.74, 6) is -0.998. The number of pyridine rings is 1. The van der Waals surface area contributed by atoms with Crippen molar-refractivity contribution < 1.29 is 14.6 Å². The fourth-order valence-corrected chi connectivity index (χ4v) is 1.50. The number of hydrogen-bond donors (Lipinski definition) is 1. The second-order valence-electron chi connectivity index (χ2n) is 3.29. The highest BCUT2D eigenvalue weighted by Crippen LogP contribution is 2.20. The van der Waals surface area contributed by atoms with E-state index in [1.165, 1.54) is 11.6 Å². The number of nitrogens with zero attached hydrogens (tertiary/aromatic N) is 1. The number of carboxylic acids is 1. The van der Waals surface area contributed by atoms with Gasteiger partial charge in [-0.15, -0.1) is 0 Å². The predicted molar refractivity (Wildman–Crippen MR) is 54.6 cm³/mol. The highest BCUT2D eigenvalue weighted by Gasteiger charge is 2.08. The summed E-state index contributed by atoms with van der Waals surface area (Å²) in [7, 11) is 0. The lowest BCUT2D eigenvalue weighted by molar-refractivity contribution is 0.0690. The van der Waals surface area contributed by atoms with Gasteiger partial charge in [-0.1, -0.05) is 12.1 Å². The van der Waals surface area contributed by atoms with Crippen molar-refractivity contribution in [3.05, 3.63) is 35.7 Å². The minimum atomic E-state index is -0.998. The molecule has 4 heteroatoms. The highest BCUT2D eigenvalue weighted by atomic mass is 16.5. The first kappa shape index (κ1) is 9.86. The number of carboxylic acid groups (broad SMARTS) is 1. The van der Waals surface area contributed by atoms with Crippen molar-refractivity contribution >= 4 is 11.5 Å². The minimum absolute atomic E-state index is 0.0754. The molecule has 2 heterocycles. The van der Waals surface area contributed by atoms with Crippen molar-refractivity contribution in [3.63, 3.8) is 0 Å². The van der Waals surface area contributed by atoms with E-state index in [9.17, 15) is 4.79 Å². The van der Waals surface area contributed by atoms with Gasteiger partial charge in [0.15, 0.2) is 0 Å². The van der Waals surface area contributed by atoms with Crippen LogP contribution in [0.3, 0.4) is 0 Å². The largest absolute Gasteiger partial charge is 0.477 e. The van der Waals surface area contributed by atoms with E-state index in [0.717, 1.165) is 12.0 Å². The van der Waals surface area contributed by atoms with Crippen LogP contribution in [0.5, 0.6) is 0 Å². The maximum absolute atomic E-state index is 10.6. The molecule has 78 valence electrons. The molecule has 0 bridgehead atoms. The molecule has 1 aromatic heterocycles. The third kappa shape index (κ3) is 2.22. The Morgan fingerprint density at radius 2 is 2.33 bits per heavy atom. The van der Waals surface area contributed by atoms with Crippen LogP contribution in [0.15, 0.2) is 24.4 Å². The van der Waals surface area contributed by atoms with Crippen molar-refractivity contribution in [2.45, 2.75) is 6.42 Å². The van der Waals surface area contributed by atoms with Gasteiger partial charge in [-0.25, -0.2) is 9.78 Å². The Labute approximate surface area is 87.2 Å². The first-order valence-corrected chi connectivity index (χ1v) is 4.74. The average molecular weight is 205 g/mol. The lowest BCUT2D eigenvalue weighted by Gasteiger charge is -2.13. The summed E-state index contributed by atoms with van der Waals surface area (Å²) in [4.78, 5) is 14.5. The van der Waals surface area contributed by atoms with Crippen molar-refractivity contribution in [1.29, 1.82) is 0 Å². The van der Waals surface area contributed by atoms with Crippen molar-refractivity contribution in [2.24, 2.45) is 0 Å². The molecule has 1 aliphatic heterocycles. The van der Waals surface area contributed by atoms with Crippen LogP contribution in [0.1, 0.15) is 22.5 Å². The molecule has 0 fully saturated rings. The molecule has 1 N–H and O–H groups in total. The third-order valence-electron chi connectivity index (χ3n) is 2.32. The second-order valence-corrected chi connectivity index (χ2v) is 3.29. The summed E-state index contributed by atoms with van der Waals surface area (Å²) in [6.45, 7) is 1.34. The number of aromatic carboxylic acids is 1. The molecule has 0 amide bonds. The van der Waals surface area contributed by atoms with Gasteiger partial charge in [0.05, 0.1) is 13.2 Å². The Bertz CT molecular complexity index is 395. The first-order chi connectivity index (χ1) is 7.27. The van der Waals surface area contributed by atoms with Crippen LogP contribution in [0.4, 0.5) is 0 Å². The van der Waals surface area contributed by atoms with Crippen molar-refractivity contribution in [2.75, 3.05) is 13.2 Å². The minimum Gasteiger partial charge on any atom is -0.477 e. The van der Waals surface area contributed by atoms with Gasteiger partial charge in [0.1, 0.15) is 5.69 Å². The summed E-state index contributed by atoms with van der Waals surface area (Å²) in [5, 5.41) is 8.69. The van der Waals surface area contributed by atoms with Gasteiger partial charge < -0.3 is 9.84 Å². The van der Waals surface area contributed by atoms with Gasteiger partial charge >= 0.3 is 5.97 Å². The molecule has 4 nitrogen and oxygen atoms in total. The highest BCUT2D eigenvalue weighted by molar-refractivity contribution is 5.85. The monoisotopic (exact) mass is 205 g/mol. The second kappa shape index (κ2) is 4.23. The molecule has 0 atom stereocenters. The predicted octanol–water partition coefficient (Wildman–Crippen LogP) is 1.58. The molecular formula is C11H11NO3. The first-order valence-electron chi connectivity index (χ1n) is 4.74. The number of rotatable bonds is 2. The number of hydrogen-bond acceptors (Lipinski definition) is 3. The van der Waals surface area contributed by atoms with Crippen LogP contribution < -0.4 is 0 Å². The fourth-order valence-electron chi connectivity index (χ4n) is 1.50. The maximum Gasteiger partial charge on any atom is 0.354 e. The Balaban J connectivity index is 2.23. The normalized spacial score (nSPS) is 15.9. The van der Waals surface area contributed by atoms with Crippen LogP contribution in [0.2, 0.25) is 0 Å². The summed E-state index contributed by atoms with van der Waals surface area (Å²) < 4.78 is 5.19. The molecule has 1 aliphatic rings. The van der Waals surface area contributed by atoms with E-state index < -0.39 is 5.97 Å². The topological polar surface area (TPSA) is 59.4 Å². The molecule has 0 radical (unpaired) electrons. The maximum atomic E-state index is 10.6. The van der Waals surface area contributed by atoms with Crippen LogP contribution in [-0.4, -0.2) is 29.3 Å². The zero-order valence-electron chi connectivity index (χ0n) is 8.14. The number of aromatic nitrogens is 1. The molecule has 0 aliphatic carbocycles. The number of ether oxygens (including phenoxy) is 1. The standard InChI is InChI=1S/C11H11NO3/c13-11(14)10-2-1-9(7-12-10)8-3-5-15-6-4-8/h1-3,7H,4-6H2,(H,13,14). The molecule has 0 aromatic carbocycles. The van der Waals surface area contributed by atoms with Crippen LogP contribution in [0, 0.1) is 0 Å². The van der Waals surface area contributed by atoms with Crippen LogP contribution in [-0.2, 0) is 4.74 Å². The van der Waals surface area contributed by atoms with E-state index in [4.69, 9.17) is 9.84 Å². The van der Waals surface area contributed by atoms with Gasteiger partial charge in [-0.05, 0) is 23.6 Å². The Morgan fingerprint density at radius 3 is 2.87 bits per heavy atom. The third-order valence-corrected chi connectivity index (χ3v) is 2.32. The number of carbonyl (C=O) groups is 1.